The van der Waals surface area contributed by atoms with Crippen molar-refractivity contribution in [3.8, 4) is 5.69 Å². The van der Waals surface area contributed by atoms with Crippen LogP contribution in [0.1, 0.15) is 13.8 Å². The number of halogens is 1. The number of amides is 2. The fourth-order valence-corrected chi connectivity index (χ4v) is 3.83. The van der Waals surface area contributed by atoms with Crippen LogP contribution in [0.2, 0.25) is 5.02 Å². The molecule has 0 saturated carbocycles. The number of carbonyl (C=O) groups excluding carboxylic acids is 2. The van der Waals surface area contributed by atoms with Crippen molar-refractivity contribution in [3.05, 3.63) is 35.6 Å². The van der Waals surface area contributed by atoms with E-state index in [9.17, 15) is 9.59 Å². The molecule has 1 fully saturated rings. The van der Waals surface area contributed by atoms with Crippen molar-refractivity contribution in [1.29, 1.82) is 0 Å². The van der Waals surface area contributed by atoms with Gasteiger partial charge in [0.25, 0.3) is 0 Å². The molecule has 2 aromatic rings. The summed E-state index contributed by atoms with van der Waals surface area (Å²) in [5.74, 6) is 0.551. The first-order valence-electron chi connectivity index (χ1n) is 9.42. The molecular formula is C19H24ClN5O3S. The van der Waals surface area contributed by atoms with Gasteiger partial charge in [0.1, 0.15) is 6.33 Å². The molecule has 3 rings (SSSR count). The number of hydrogen-bond donors (Lipinski definition) is 0. The number of benzene rings is 1. The van der Waals surface area contributed by atoms with Gasteiger partial charge in [0.2, 0.25) is 5.91 Å². The van der Waals surface area contributed by atoms with Crippen molar-refractivity contribution < 1.29 is 14.3 Å². The van der Waals surface area contributed by atoms with E-state index in [-0.39, 0.29) is 17.8 Å². The van der Waals surface area contributed by atoms with Crippen molar-refractivity contribution in [2.75, 3.05) is 38.5 Å². The van der Waals surface area contributed by atoms with Crippen LogP contribution in [0.4, 0.5) is 4.79 Å². The van der Waals surface area contributed by atoms with Gasteiger partial charge in [-0.1, -0.05) is 43.3 Å². The molecule has 29 heavy (non-hydrogen) atoms. The molecular weight excluding hydrogens is 414 g/mol. The summed E-state index contributed by atoms with van der Waals surface area (Å²) in [5, 5.41) is 9.29. The Labute approximate surface area is 179 Å². The van der Waals surface area contributed by atoms with E-state index in [4.69, 9.17) is 16.3 Å². The average Bonchev–Trinajstić information content (AvgIpc) is 3.19. The van der Waals surface area contributed by atoms with Crippen LogP contribution >= 0.6 is 23.4 Å². The van der Waals surface area contributed by atoms with E-state index in [0.717, 1.165) is 5.69 Å². The van der Waals surface area contributed by atoms with Gasteiger partial charge in [0.05, 0.1) is 18.0 Å². The molecule has 0 bridgehead atoms. The predicted molar refractivity (Wildman–Crippen MR) is 111 cm³/mol. The number of thioether (sulfide) groups is 1. The monoisotopic (exact) mass is 437 g/mol. The van der Waals surface area contributed by atoms with Crippen molar-refractivity contribution in [1.82, 2.24) is 24.6 Å². The van der Waals surface area contributed by atoms with Crippen LogP contribution < -0.4 is 0 Å². The Bertz CT molecular complexity index is 852. The number of aromatic nitrogens is 3. The number of ether oxygens (including phenoxy) is 1. The molecule has 0 N–H and O–H groups in total. The maximum absolute atomic E-state index is 12.6. The second kappa shape index (κ2) is 9.98. The van der Waals surface area contributed by atoms with Crippen molar-refractivity contribution in [2.45, 2.75) is 19.0 Å². The van der Waals surface area contributed by atoms with E-state index in [1.165, 1.54) is 11.8 Å². The number of piperazine rings is 1. The Kier molecular flexibility index (Phi) is 7.38. The predicted octanol–water partition coefficient (Wildman–Crippen LogP) is 2.95. The topological polar surface area (TPSA) is 80.6 Å². The largest absolute Gasteiger partial charge is 0.449 e. The lowest BCUT2D eigenvalue weighted by atomic mass is 10.2. The molecule has 0 unspecified atom stereocenters. The lowest BCUT2D eigenvalue weighted by Crippen LogP contribution is -2.51. The quantitative estimate of drug-likeness (QED) is 0.646. The minimum atomic E-state index is -0.310. The molecule has 1 aromatic heterocycles. The molecule has 1 aromatic carbocycles. The summed E-state index contributed by atoms with van der Waals surface area (Å²) in [7, 11) is 0. The van der Waals surface area contributed by atoms with Crippen molar-refractivity contribution in [3.63, 3.8) is 0 Å². The molecule has 1 aliphatic heterocycles. The summed E-state index contributed by atoms with van der Waals surface area (Å²) in [6.45, 7) is 6.35. The van der Waals surface area contributed by atoms with Crippen LogP contribution in [-0.2, 0) is 9.53 Å². The van der Waals surface area contributed by atoms with E-state index in [1.54, 1.807) is 26.8 Å². The molecule has 2 heterocycles. The second-order valence-corrected chi connectivity index (χ2v) is 8.47. The molecule has 10 heteroatoms. The zero-order chi connectivity index (χ0) is 20.8. The first-order chi connectivity index (χ1) is 13.9. The van der Waals surface area contributed by atoms with Crippen LogP contribution in [0.25, 0.3) is 5.69 Å². The number of nitrogens with zero attached hydrogens (tertiary/aromatic N) is 5. The fourth-order valence-electron chi connectivity index (χ4n) is 2.81. The molecule has 0 radical (unpaired) electrons. The lowest BCUT2D eigenvalue weighted by molar-refractivity contribution is -0.129. The Morgan fingerprint density at radius 2 is 1.93 bits per heavy atom. The van der Waals surface area contributed by atoms with Crippen molar-refractivity contribution in [2.24, 2.45) is 5.92 Å². The lowest BCUT2D eigenvalue weighted by Gasteiger charge is -2.34. The highest BCUT2D eigenvalue weighted by Gasteiger charge is 2.25. The van der Waals surface area contributed by atoms with Gasteiger partial charge in [0, 0.05) is 31.2 Å². The highest BCUT2D eigenvalue weighted by atomic mass is 35.5. The Morgan fingerprint density at radius 1 is 1.21 bits per heavy atom. The molecule has 2 amide bonds. The summed E-state index contributed by atoms with van der Waals surface area (Å²) in [5.41, 5.74) is 0.839. The summed E-state index contributed by atoms with van der Waals surface area (Å²) in [6.07, 6.45) is 1.29. The SMILES string of the molecule is CC(C)COC(=O)N1CCN(C(=O)CSc2nncn2-c2cccc(Cl)c2)CC1. The summed E-state index contributed by atoms with van der Waals surface area (Å²) >= 11 is 7.38. The minimum Gasteiger partial charge on any atom is -0.449 e. The first kappa shape index (κ1) is 21.4. The Hall–Kier alpha value is -2.26. The van der Waals surface area contributed by atoms with Gasteiger partial charge < -0.3 is 14.5 Å². The van der Waals surface area contributed by atoms with E-state index in [1.807, 2.05) is 32.0 Å². The van der Waals surface area contributed by atoms with E-state index in [0.29, 0.717) is 48.9 Å². The van der Waals surface area contributed by atoms with Gasteiger partial charge in [0.15, 0.2) is 5.16 Å². The van der Waals surface area contributed by atoms with Crippen molar-refractivity contribution >= 4 is 35.4 Å². The third-order valence-corrected chi connectivity index (χ3v) is 5.52. The van der Waals surface area contributed by atoms with E-state index in [2.05, 4.69) is 10.2 Å². The van der Waals surface area contributed by atoms with Crippen LogP contribution in [0, 0.1) is 5.92 Å². The van der Waals surface area contributed by atoms with Gasteiger partial charge in [-0.15, -0.1) is 10.2 Å². The van der Waals surface area contributed by atoms with Crippen LogP contribution in [0.3, 0.4) is 0 Å². The van der Waals surface area contributed by atoms with Gasteiger partial charge in [-0.25, -0.2) is 4.79 Å². The van der Waals surface area contributed by atoms with Gasteiger partial charge in [-0.3, -0.25) is 9.36 Å². The first-order valence-corrected chi connectivity index (χ1v) is 10.8. The van der Waals surface area contributed by atoms with E-state index >= 15 is 0 Å². The van der Waals surface area contributed by atoms with E-state index < -0.39 is 0 Å². The molecule has 156 valence electrons. The Morgan fingerprint density at radius 3 is 2.62 bits per heavy atom. The molecule has 0 spiro atoms. The third-order valence-electron chi connectivity index (χ3n) is 4.36. The Balaban J connectivity index is 1.49. The smallest absolute Gasteiger partial charge is 0.409 e. The third kappa shape index (κ3) is 5.86. The average molecular weight is 438 g/mol. The fraction of sp³-hybridized carbons (Fsp3) is 0.474. The number of rotatable bonds is 6. The summed E-state index contributed by atoms with van der Waals surface area (Å²) in [6, 6.07) is 7.36. The molecule has 0 atom stereocenters. The molecule has 1 saturated heterocycles. The molecule has 1 aliphatic rings. The molecule has 0 aliphatic carbocycles. The summed E-state index contributed by atoms with van der Waals surface area (Å²) < 4.78 is 7.05. The second-order valence-electron chi connectivity index (χ2n) is 7.09. The number of carbonyl (C=O) groups is 2. The number of hydrogen-bond acceptors (Lipinski definition) is 6. The van der Waals surface area contributed by atoms with Crippen LogP contribution in [0.5, 0.6) is 0 Å². The zero-order valence-electron chi connectivity index (χ0n) is 16.5. The van der Waals surface area contributed by atoms with Crippen LogP contribution in [-0.4, -0.2) is 75.1 Å². The maximum atomic E-state index is 12.6. The summed E-state index contributed by atoms with van der Waals surface area (Å²) in [4.78, 5) is 28.0. The van der Waals surface area contributed by atoms with Gasteiger partial charge in [-0.2, -0.15) is 0 Å². The van der Waals surface area contributed by atoms with Crippen LogP contribution in [0.15, 0.2) is 35.7 Å². The standard InChI is InChI=1S/C19H24ClN5O3S/c1-14(2)11-28-19(27)24-8-6-23(7-9-24)17(26)12-29-18-22-21-13-25(18)16-5-3-4-15(20)10-16/h3-5,10,13-14H,6-9,11-12H2,1-2H3. The maximum Gasteiger partial charge on any atom is 0.409 e. The zero-order valence-corrected chi connectivity index (χ0v) is 18.0. The minimum absolute atomic E-state index is 0.00541. The molecule has 8 nitrogen and oxygen atoms in total. The highest BCUT2D eigenvalue weighted by Crippen LogP contribution is 2.22. The van der Waals surface area contributed by atoms with Gasteiger partial charge >= 0.3 is 6.09 Å². The normalized spacial score (nSPS) is 14.3. The highest BCUT2D eigenvalue weighted by molar-refractivity contribution is 7.99. The van der Waals surface area contributed by atoms with Gasteiger partial charge in [-0.05, 0) is 24.1 Å².